The zero-order chi connectivity index (χ0) is 18.7. The second-order valence-electron chi connectivity index (χ2n) is 6.57. The molecule has 1 saturated carbocycles. The zero-order valence-corrected chi connectivity index (χ0v) is 14.2. The average Bonchev–Trinajstić information content (AvgIpc) is 3.06. The maximum atomic E-state index is 12.6. The smallest absolute Gasteiger partial charge is 0.254 e. The van der Waals surface area contributed by atoms with Crippen LogP contribution < -0.4 is 16.8 Å². The van der Waals surface area contributed by atoms with Crippen molar-refractivity contribution in [3.05, 3.63) is 41.6 Å². The molecule has 3 rings (SSSR count). The number of nitrogens with zero attached hydrogens (tertiary/aromatic N) is 3. The predicted octanol–water partition coefficient (Wildman–Crippen LogP) is 2.39. The Morgan fingerprint density at radius 2 is 2.12 bits per heavy atom. The Kier molecular flexibility index (Phi) is 5.19. The maximum Gasteiger partial charge on any atom is 0.254 e. The third-order valence-corrected chi connectivity index (χ3v) is 4.73. The van der Waals surface area contributed by atoms with Crippen molar-refractivity contribution in [3.8, 4) is 6.07 Å². The minimum atomic E-state index is -0.611. The molecule has 0 radical (unpaired) electrons. The fourth-order valence-electron chi connectivity index (χ4n) is 3.29. The topological polar surface area (TPSA) is 123 Å². The number of nitrogens with two attached hydrogens (primary N) is 2. The summed E-state index contributed by atoms with van der Waals surface area (Å²) in [4.78, 5) is 11.8. The van der Waals surface area contributed by atoms with Crippen molar-refractivity contribution in [1.82, 2.24) is 9.78 Å². The molecule has 136 valence electrons. The van der Waals surface area contributed by atoms with Crippen LogP contribution in [-0.2, 0) is 6.67 Å². The molecule has 0 unspecified atom stereocenters. The first kappa shape index (κ1) is 17.9. The van der Waals surface area contributed by atoms with Crippen LogP contribution in [0.25, 0.3) is 0 Å². The minimum Gasteiger partial charge on any atom is -0.365 e. The van der Waals surface area contributed by atoms with Crippen LogP contribution in [0.2, 0.25) is 0 Å². The van der Waals surface area contributed by atoms with Crippen LogP contribution in [0, 0.1) is 17.2 Å². The molecule has 0 spiro atoms. The molecule has 3 atom stereocenters. The standard InChI is InChI=1S/C18H21FN6O/c19-8-11-1-4-14(5-2-11)23-18-15(17(22)26)10-25(24-18)16-6-3-13(21)7-12(16)9-20/h1-2,4-5,10,12-13,16H,3,6-8,21H2,(H2,22,26)(H,23,24)/t12-,13-,16+/m0/s1. The first-order chi connectivity index (χ1) is 12.5. The normalized spacial score (nSPS) is 22.6. The van der Waals surface area contributed by atoms with Gasteiger partial charge < -0.3 is 16.8 Å². The summed E-state index contributed by atoms with van der Waals surface area (Å²) in [6.45, 7) is -0.541. The van der Waals surface area contributed by atoms with Crippen molar-refractivity contribution in [3.63, 3.8) is 0 Å². The van der Waals surface area contributed by atoms with Gasteiger partial charge in [0.1, 0.15) is 12.2 Å². The summed E-state index contributed by atoms with van der Waals surface area (Å²) in [6.07, 6.45) is 3.68. The summed E-state index contributed by atoms with van der Waals surface area (Å²) in [5, 5.41) is 16.9. The molecular weight excluding hydrogens is 335 g/mol. The lowest BCUT2D eigenvalue weighted by Gasteiger charge is -2.30. The highest BCUT2D eigenvalue weighted by molar-refractivity contribution is 5.98. The molecule has 0 bridgehead atoms. The monoisotopic (exact) mass is 356 g/mol. The average molecular weight is 356 g/mol. The van der Waals surface area contributed by atoms with E-state index in [-0.39, 0.29) is 23.6 Å². The van der Waals surface area contributed by atoms with Gasteiger partial charge in [-0.3, -0.25) is 9.48 Å². The highest BCUT2D eigenvalue weighted by Gasteiger charge is 2.32. The van der Waals surface area contributed by atoms with E-state index < -0.39 is 12.6 Å². The summed E-state index contributed by atoms with van der Waals surface area (Å²) >= 11 is 0. The van der Waals surface area contributed by atoms with Gasteiger partial charge in [0.15, 0.2) is 5.82 Å². The van der Waals surface area contributed by atoms with E-state index in [0.717, 1.165) is 6.42 Å². The Hall–Kier alpha value is -2.92. The number of nitrogens with one attached hydrogen (secondary N) is 1. The van der Waals surface area contributed by atoms with Crippen LogP contribution in [0.15, 0.2) is 30.5 Å². The summed E-state index contributed by atoms with van der Waals surface area (Å²) in [5.74, 6) is -0.562. The van der Waals surface area contributed by atoms with Gasteiger partial charge in [-0.25, -0.2) is 4.39 Å². The van der Waals surface area contributed by atoms with Crippen molar-refractivity contribution >= 4 is 17.4 Å². The lowest BCUT2D eigenvalue weighted by Crippen LogP contribution is -2.34. The Morgan fingerprint density at radius 1 is 1.38 bits per heavy atom. The first-order valence-corrected chi connectivity index (χ1v) is 8.48. The van der Waals surface area contributed by atoms with Gasteiger partial charge in [0, 0.05) is 17.9 Å². The molecular formula is C18H21FN6O. The van der Waals surface area contributed by atoms with E-state index in [9.17, 15) is 14.4 Å². The quantitative estimate of drug-likeness (QED) is 0.759. The molecule has 26 heavy (non-hydrogen) atoms. The summed E-state index contributed by atoms with van der Waals surface area (Å²) in [5.41, 5.74) is 12.9. The number of halogens is 1. The molecule has 0 saturated heterocycles. The van der Waals surface area contributed by atoms with Crippen LogP contribution in [0.1, 0.15) is 41.2 Å². The molecule has 1 aliphatic carbocycles. The second-order valence-corrected chi connectivity index (χ2v) is 6.57. The summed E-state index contributed by atoms with van der Waals surface area (Å²) < 4.78 is 14.3. The molecule has 1 heterocycles. The Balaban J connectivity index is 1.88. The molecule has 5 N–H and O–H groups in total. The number of hydrogen-bond donors (Lipinski definition) is 3. The molecule has 1 fully saturated rings. The fourth-order valence-corrected chi connectivity index (χ4v) is 3.29. The van der Waals surface area contributed by atoms with E-state index in [1.807, 2.05) is 0 Å². The summed E-state index contributed by atoms with van der Waals surface area (Å²) in [7, 11) is 0. The van der Waals surface area contributed by atoms with Crippen molar-refractivity contribution in [2.24, 2.45) is 17.4 Å². The SMILES string of the molecule is N#C[C@@H]1C[C@@H](N)CC[C@H]1n1cc(C(N)=O)c(Nc2ccc(CF)cc2)n1. The largest absolute Gasteiger partial charge is 0.365 e. The Morgan fingerprint density at radius 3 is 2.73 bits per heavy atom. The highest BCUT2D eigenvalue weighted by Crippen LogP contribution is 2.34. The van der Waals surface area contributed by atoms with Crippen molar-refractivity contribution in [2.45, 2.75) is 38.0 Å². The molecule has 1 aromatic carbocycles. The van der Waals surface area contributed by atoms with E-state index in [1.54, 1.807) is 35.1 Å². The molecule has 0 aliphatic heterocycles. The second kappa shape index (κ2) is 7.54. The van der Waals surface area contributed by atoms with Crippen LogP contribution in [-0.4, -0.2) is 21.7 Å². The number of alkyl halides is 1. The number of carbonyl (C=O) groups excluding carboxylic acids is 1. The van der Waals surface area contributed by atoms with E-state index in [2.05, 4.69) is 16.5 Å². The molecule has 1 aliphatic rings. The lowest BCUT2D eigenvalue weighted by atomic mass is 9.83. The molecule has 7 nitrogen and oxygen atoms in total. The highest BCUT2D eigenvalue weighted by atomic mass is 19.1. The summed E-state index contributed by atoms with van der Waals surface area (Å²) in [6, 6.07) is 8.86. The van der Waals surface area contributed by atoms with Gasteiger partial charge in [-0.2, -0.15) is 10.4 Å². The lowest BCUT2D eigenvalue weighted by molar-refractivity contribution is 0.100. The van der Waals surface area contributed by atoms with Gasteiger partial charge >= 0.3 is 0 Å². The van der Waals surface area contributed by atoms with Gasteiger partial charge in [-0.05, 0) is 37.0 Å². The van der Waals surface area contributed by atoms with E-state index in [4.69, 9.17) is 11.5 Å². The molecule has 1 amide bonds. The molecule has 8 heteroatoms. The van der Waals surface area contributed by atoms with Crippen molar-refractivity contribution in [2.75, 3.05) is 5.32 Å². The van der Waals surface area contributed by atoms with Crippen LogP contribution in [0.5, 0.6) is 0 Å². The number of hydrogen-bond acceptors (Lipinski definition) is 5. The van der Waals surface area contributed by atoms with Crippen LogP contribution in [0.3, 0.4) is 0 Å². The van der Waals surface area contributed by atoms with E-state index in [1.165, 1.54) is 0 Å². The third-order valence-electron chi connectivity index (χ3n) is 4.73. The van der Waals surface area contributed by atoms with Gasteiger partial charge in [0.05, 0.1) is 18.0 Å². The zero-order valence-electron chi connectivity index (χ0n) is 14.2. The number of nitriles is 1. The number of rotatable bonds is 5. The van der Waals surface area contributed by atoms with Crippen LogP contribution in [0.4, 0.5) is 15.9 Å². The van der Waals surface area contributed by atoms with E-state index in [0.29, 0.717) is 29.9 Å². The predicted molar refractivity (Wildman–Crippen MR) is 95.2 cm³/mol. The number of primary amides is 1. The fraction of sp³-hybridized carbons (Fsp3) is 0.389. The Bertz CT molecular complexity index is 825. The molecule has 1 aromatic heterocycles. The first-order valence-electron chi connectivity index (χ1n) is 8.48. The molecule has 2 aromatic rings. The minimum absolute atomic E-state index is 0.00804. The van der Waals surface area contributed by atoms with Gasteiger partial charge in [-0.1, -0.05) is 12.1 Å². The maximum absolute atomic E-state index is 12.6. The van der Waals surface area contributed by atoms with Crippen molar-refractivity contribution in [1.29, 1.82) is 5.26 Å². The van der Waals surface area contributed by atoms with Crippen molar-refractivity contribution < 1.29 is 9.18 Å². The number of aromatic nitrogens is 2. The van der Waals surface area contributed by atoms with Gasteiger partial charge in [0.2, 0.25) is 0 Å². The van der Waals surface area contributed by atoms with Crippen LogP contribution >= 0.6 is 0 Å². The third kappa shape index (κ3) is 3.68. The number of benzene rings is 1. The Labute approximate surface area is 150 Å². The van der Waals surface area contributed by atoms with Gasteiger partial charge in [-0.15, -0.1) is 0 Å². The van der Waals surface area contributed by atoms with Gasteiger partial charge in [0.25, 0.3) is 5.91 Å². The number of amides is 1. The number of anilines is 2. The number of carbonyl (C=O) groups is 1. The van der Waals surface area contributed by atoms with E-state index >= 15 is 0 Å².